The molecule has 7 nitrogen and oxygen atoms in total. The number of para-hydroxylation sites is 2. The molecule has 0 aromatic heterocycles. The fourth-order valence-electron chi connectivity index (χ4n) is 3.24. The van der Waals surface area contributed by atoms with Gasteiger partial charge in [0.2, 0.25) is 0 Å². The van der Waals surface area contributed by atoms with E-state index in [1.165, 1.54) is 12.1 Å². The quantitative estimate of drug-likeness (QED) is 0.543. The van der Waals surface area contributed by atoms with Crippen LogP contribution in [-0.4, -0.2) is 26.7 Å². The smallest absolute Gasteiger partial charge is 0.262 e. The van der Waals surface area contributed by atoms with E-state index in [9.17, 15) is 13.2 Å². The van der Waals surface area contributed by atoms with Crippen molar-refractivity contribution in [2.45, 2.75) is 17.7 Å². The predicted octanol–water partition coefficient (Wildman–Crippen LogP) is 4.15. The fourth-order valence-corrected chi connectivity index (χ4v) is 4.38. The number of nitrogens with one attached hydrogen (secondary N) is 3. The van der Waals surface area contributed by atoms with E-state index in [-0.39, 0.29) is 10.8 Å². The van der Waals surface area contributed by atoms with Crippen molar-refractivity contribution >= 4 is 38.8 Å². The number of benzene rings is 3. The Bertz CT molecular complexity index is 1220. The van der Waals surface area contributed by atoms with Gasteiger partial charge in [0.1, 0.15) is 5.84 Å². The number of hydrogen-bond acceptors (Lipinski definition) is 5. The lowest BCUT2D eigenvalue weighted by atomic mass is 10.1. The third-order valence-electron chi connectivity index (χ3n) is 4.75. The first-order valence-electron chi connectivity index (χ1n) is 9.90. The van der Waals surface area contributed by atoms with E-state index in [0.717, 1.165) is 12.1 Å². The van der Waals surface area contributed by atoms with Crippen LogP contribution in [0.2, 0.25) is 0 Å². The van der Waals surface area contributed by atoms with Gasteiger partial charge in [-0.05, 0) is 48.9 Å². The van der Waals surface area contributed by atoms with Gasteiger partial charge >= 0.3 is 0 Å². The minimum atomic E-state index is -3.76. The summed E-state index contributed by atoms with van der Waals surface area (Å²) in [6, 6.07) is 22.8. The van der Waals surface area contributed by atoms with Crippen molar-refractivity contribution in [3.63, 3.8) is 0 Å². The van der Waals surface area contributed by atoms with Crippen LogP contribution in [0.5, 0.6) is 0 Å². The van der Waals surface area contributed by atoms with Gasteiger partial charge in [0.15, 0.2) is 0 Å². The van der Waals surface area contributed by atoms with Crippen molar-refractivity contribution in [3.05, 3.63) is 84.4 Å². The molecule has 0 saturated carbocycles. The number of anilines is 3. The van der Waals surface area contributed by atoms with Crippen LogP contribution < -0.4 is 15.4 Å². The number of carbonyl (C=O) groups excluding carboxylic acids is 1. The van der Waals surface area contributed by atoms with Crippen molar-refractivity contribution in [1.82, 2.24) is 4.72 Å². The maximum absolute atomic E-state index is 12.9. The molecule has 0 fully saturated rings. The zero-order valence-electron chi connectivity index (χ0n) is 16.7. The molecule has 3 aromatic rings. The molecular weight excluding hydrogens is 412 g/mol. The molecule has 158 valence electrons. The number of amides is 1. The average Bonchev–Trinajstić information content (AvgIpc) is 3.27. The number of sulfonamides is 1. The Morgan fingerprint density at radius 2 is 1.61 bits per heavy atom. The summed E-state index contributed by atoms with van der Waals surface area (Å²) in [5.74, 6) is 0.122. The van der Waals surface area contributed by atoms with Gasteiger partial charge in [0, 0.05) is 24.3 Å². The van der Waals surface area contributed by atoms with E-state index in [2.05, 4.69) is 20.3 Å². The van der Waals surface area contributed by atoms with Crippen LogP contribution >= 0.6 is 0 Å². The summed E-state index contributed by atoms with van der Waals surface area (Å²) in [4.78, 5) is 17.1. The predicted molar refractivity (Wildman–Crippen MR) is 122 cm³/mol. The Balaban J connectivity index is 1.53. The van der Waals surface area contributed by atoms with Gasteiger partial charge in [0.05, 0.1) is 16.1 Å². The summed E-state index contributed by atoms with van der Waals surface area (Å²) >= 11 is 0. The van der Waals surface area contributed by atoms with Crippen LogP contribution in [0, 0.1) is 0 Å². The Labute approximate surface area is 181 Å². The number of hydrogen-bond donors (Lipinski definition) is 3. The van der Waals surface area contributed by atoms with Crippen LogP contribution in [0.1, 0.15) is 23.2 Å². The van der Waals surface area contributed by atoms with Crippen molar-refractivity contribution in [2.75, 3.05) is 17.2 Å². The van der Waals surface area contributed by atoms with Gasteiger partial charge in [-0.2, -0.15) is 0 Å². The molecule has 1 amide bonds. The van der Waals surface area contributed by atoms with Crippen molar-refractivity contribution < 1.29 is 13.2 Å². The zero-order valence-corrected chi connectivity index (χ0v) is 17.5. The molecule has 0 atom stereocenters. The van der Waals surface area contributed by atoms with E-state index in [1.54, 1.807) is 24.3 Å². The SMILES string of the molecule is O=C(Nc1cccc(S(=O)(=O)NC2=NCCC2)c1)c1ccccc1Nc1ccccc1. The Morgan fingerprint density at radius 3 is 2.39 bits per heavy atom. The fraction of sp³-hybridized carbons (Fsp3) is 0.130. The molecule has 31 heavy (non-hydrogen) atoms. The van der Waals surface area contributed by atoms with Gasteiger partial charge < -0.3 is 10.6 Å². The summed E-state index contributed by atoms with van der Waals surface area (Å²) in [5.41, 5.74) is 2.33. The second-order valence-electron chi connectivity index (χ2n) is 7.06. The molecule has 0 spiro atoms. The molecule has 1 heterocycles. The van der Waals surface area contributed by atoms with Gasteiger partial charge in [-0.1, -0.05) is 36.4 Å². The standard InChI is InChI=1S/C23H22N4O3S/c28-23(20-12-4-5-13-21(20)25-17-8-2-1-3-9-17)26-18-10-6-11-19(16-18)31(29,30)27-22-14-7-15-24-22/h1-6,8-13,16,25H,7,14-15H2,(H,24,27)(H,26,28). The lowest BCUT2D eigenvalue weighted by molar-refractivity contribution is 0.102. The third-order valence-corrected chi connectivity index (χ3v) is 6.13. The van der Waals surface area contributed by atoms with Crippen molar-refractivity contribution in [2.24, 2.45) is 4.99 Å². The maximum Gasteiger partial charge on any atom is 0.262 e. The first-order chi connectivity index (χ1) is 15.0. The molecule has 0 aliphatic carbocycles. The maximum atomic E-state index is 12.9. The zero-order chi connectivity index (χ0) is 21.7. The van der Waals surface area contributed by atoms with Gasteiger partial charge in [-0.3, -0.25) is 14.5 Å². The lowest BCUT2D eigenvalue weighted by Crippen LogP contribution is -2.29. The van der Waals surface area contributed by atoms with Crippen LogP contribution in [-0.2, 0) is 10.0 Å². The molecular formula is C23H22N4O3S. The molecule has 0 radical (unpaired) electrons. The summed E-state index contributed by atoms with van der Waals surface area (Å²) in [6.07, 6.45) is 1.45. The largest absolute Gasteiger partial charge is 0.355 e. The molecule has 1 aliphatic rings. The minimum Gasteiger partial charge on any atom is -0.355 e. The molecule has 0 unspecified atom stereocenters. The normalized spacial score (nSPS) is 13.4. The number of nitrogens with zero attached hydrogens (tertiary/aromatic N) is 1. The lowest BCUT2D eigenvalue weighted by Gasteiger charge is -2.13. The second kappa shape index (κ2) is 9.01. The Hall–Kier alpha value is -3.65. The summed E-state index contributed by atoms with van der Waals surface area (Å²) in [6.45, 7) is 0.629. The van der Waals surface area contributed by atoms with Gasteiger partial charge in [0.25, 0.3) is 15.9 Å². The van der Waals surface area contributed by atoms with E-state index < -0.39 is 10.0 Å². The van der Waals surface area contributed by atoms with E-state index in [0.29, 0.717) is 35.7 Å². The van der Waals surface area contributed by atoms with Crippen LogP contribution in [0.3, 0.4) is 0 Å². The number of carbonyl (C=O) groups is 1. The minimum absolute atomic E-state index is 0.0654. The Kier molecular flexibility index (Phi) is 5.99. The van der Waals surface area contributed by atoms with Gasteiger partial charge in [-0.25, -0.2) is 8.42 Å². The summed E-state index contributed by atoms with van der Waals surface area (Å²) in [5, 5.41) is 6.02. The van der Waals surface area contributed by atoms with Crippen LogP contribution in [0.15, 0.2) is 88.8 Å². The number of aliphatic imine (C=N–C) groups is 1. The molecule has 4 rings (SSSR count). The second-order valence-corrected chi connectivity index (χ2v) is 8.74. The topological polar surface area (TPSA) is 99.7 Å². The van der Waals surface area contributed by atoms with Crippen LogP contribution in [0.25, 0.3) is 0 Å². The Morgan fingerprint density at radius 1 is 0.871 bits per heavy atom. The third kappa shape index (κ3) is 5.10. The highest BCUT2D eigenvalue weighted by molar-refractivity contribution is 7.90. The highest BCUT2D eigenvalue weighted by Crippen LogP contribution is 2.23. The van der Waals surface area contributed by atoms with Crippen LogP contribution in [0.4, 0.5) is 17.1 Å². The first-order valence-corrected chi connectivity index (χ1v) is 11.4. The summed E-state index contributed by atoms with van der Waals surface area (Å²) in [7, 11) is -3.76. The number of amidine groups is 1. The molecule has 8 heteroatoms. The highest BCUT2D eigenvalue weighted by Gasteiger charge is 2.19. The molecule has 0 bridgehead atoms. The van der Waals surface area contributed by atoms with E-state index >= 15 is 0 Å². The van der Waals surface area contributed by atoms with Gasteiger partial charge in [-0.15, -0.1) is 0 Å². The molecule has 3 aromatic carbocycles. The van der Waals surface area contributed by atoms with Crippen molar-refractivity contribution in [3.8, 4) is 0 Å². The summed E-state index contributed by atoms with van der Waals surface area (Å²) < 4.78 is 27.8. The van der Waals surface area contributed by atoms with E-state index in [1.807, 2.05) is 42.5 Å². The molecule has 3 N–H and O–H groups in total. The average molecular weight is 435 g/mol. The first kappa shape index (κ1) is 20.6. The molecule has 1 aliphatic heterocycles. The highest BCUT2D eigenvalue weighted by atomic mass is 32.2. The number of rotatable bonds is 6. The van der Waals surface area contributed by atoms with Crippen molar-refractivity contribution in [1.29, 1.82) is 0 Å². The molecule has 0 saturated heterocycles. The van der Waals surface area contributed by atoms with E-state index in [4.69, 9.17) is 0 Å². The monoisotopic (exact) mass is 434 g/mol.